The van der Waals surface area contributed by atoms with Crippen LogP contribution in [0.1, 0.15) is 18.2 Å². The Hall–Kier alpha value is -0.760. The van der Waals surface area contributed by atoms with E-state index >= 15 is 0 Å². The zero-order valence-corrected chi connectivity index (χ0v) is 5.55. The molecule has 0 radical (unpaired) electrons. The minimum Gasteiger partial charge on any atom is -0.468 e. The SMILES string of the molecule is CCc1ccoc1CN. The van der Waals surface area contributed by atoms with Crippen molar-refractivity contribution >= 4 is 0 Å². The van der Waals surface area contributed by atoms with E-state index in [1.165, 1.54) is 5.56 Å². The van der Waals surface area contributed by atoms with Crippen molar-refractivity contribution in [2.45, 2.75) is 19.9 Å². The van der Waals surface area contributed by atoms with Crippen molar-refractivity contribution in [3.63, 3.8) is 0 Å². The zero-order valence-electron chi connectivity index (χ0n) is 5.55. The highest BCUT2D eigenvalue weighted by Gasteiger charge is 1.99. The largest absolute Gasteiger partial charge is 0.468 e. The van der Waals surface area contributed by atoms with Gasteiger partial charge in [-0.15, -0.1) is 0 Å². The van der Waals surface area contributed by atoms with Gasteiger partial charge in [0.1, 0.15) is 5.76 Å². The Labute approximate surface area is 54.7 Å². The van der Waals surface area contributed by atoms with Gasteiger partial charge in [0.2, 0.25) is 0 Å². The van der Waals surface area contributed by atoms with Gasteiger partial charge in [-0.2, -0.15) is 0 Å². The van der Waals surface area contributed by atoms with E-state index in [1.54, 1.807) is 6.26 Å². The predicted octanol–water partition coefficient (Wildman–Crippen LogP) is 1.30. The van der Waals surface area contributed by atoms with E-state index in [1.807, 2.05) is 6.07 Å². The lowest BCUT2D eigenvalue weighted by Crippen LogP contribution is -1.96. The first-order valence-electron chi connectivity index (χ1n) is 3.13. The smallest absolute Gasteiger partial charge is 0.120 e. The predicted molar refractivity (Wildman–Crippen MR) is 36.0 cm³/mol. The molecule has 2 N–H and O–H groups in total. The van der Waals surface area contributed by atoms with E-state index in [2.05, 4.69) is 6.92 Å². The maximum Gasteiger partial charge on any atom is 0.120 e. The normalized spacial score (nSPS) is 10.0. The minimum atomic E-state index is 0.510. The van der Waals surface area contributed by atoms with Crippen molar-refractivity contribution in [1.82, 2.24) is 0 Å². The molecule has 0 bridgehead atoms. The number of rotatable bonds is 2. The molecule has 0 atom stereocenters. The van der Waals surface area contributed by atoms with Gasteiger partial charge in [0.05, 0.1) is 12.8 Å². The van der Waals surface area contributed by atoms with Crippen molar-refractivity contribution in [1.29, 1.82) is 0 Å². The summed E-state index contributed by atoms with van der Waals surface area (Å²) in [5.74, 6) is 0.914. The summed E-state index contributed by atoms with van der Waals surface area (Å²) in [6, 6.07) is 1.96. The molecule has 0 unspecified atom stereocenters. The monoisotopic (exact) mass is 125 g/mol. The Balaban J connectivity index is 2.85. The molecule has 0 saturated heterocycles. The molecule has 0 amide bonds. The summed E-state index contributed by atoms with van der Waals surface area (Å²) in [6.45, 7) is 2.60. The van der Waals surface area contributed by atoms with E-state index in [4.69, 9.17) is 10.2 Å². The van der Waals surface area contributed by atoms with Crippen molar-refractivity contribution < 1.29 is 4.42 Å². The van der Waals surface area contributed by atoms with Gasteiger partial charge in [-0.1, -0.05) is 6.92 Å². The van der Waals surface area contributed by atoms with Crippen molar-refractivity contribution in [3.05, 3.63) is 23.7 Å². The van der Waals surface area contributed by atoms with Crippen molar-refractivity contribution in [3.8, 4) is 0 Å². The van der Waals surface area contributed by atoms with Crippen molar-refractivity contribution in [2.24, 2.45) is 5.73 Å². The Morgan fingerprint density at radius 3 is 2.89 bits per heavy atom. The Bertz CT molecular complexity index is 162. The highest BCUT2D eigenvalue weighted by molar-refractivity contribution is 5.16. The van der Waals surface area contributed by atoms with Crippen molar-refractivity contribution in [2.75, 3.05) is 0 Å². The fraction of sp³-hybridized carbons (Fsp3) is 0.429. The molecule has 50 valence electrons. The van der Waals surface area contributed by atoms with Gasteiger partial charge < -0.3 is 10.2 Å². The summed E-state index contributed by atoms with van der Waals surface area (Å²) in [6.07, 6.45) is 2.68. The molecule has 2 nitrogen and oxygen atoms in total. The molecule has 1 aromatic heterocycles. The molecule has 9 heavy (non-hydrogen) atoms. The topological polar surface area (TPSA) is 39.2 Å². The van der Waals surface area contributed by atoms with Gasteiger partial charge >= 0.3 is 0 Å². The third-order valence-corrected chi connectivity index (χ3v) is 1.40. The van der Waals surface area contributed by atoms with Crippen LogP contribution in [-0.2, 0) is 13.0 Å². The van der Waals surface area contributed by atoms with E-state index in [-0.39, 0.29) is 0 Å². The third kappa shape index (κ3) is 1.13. The number of hydrogen-bond acceptors (Lipinski definition) is 2. The average molecular weight is 125 g/mol. The van der Waals surface area contributed by atoms with Gasteiger partial charge in [-0.05, 0) is 18.1 Å². The van der Waals surface area contributed by atoms with Gasteiger partial charge in [-0.3, -0.25) is 0 Å². The summed E-state index contributed by atoms with van der Waals surface area (Å²) in [7, 11) is 0. The second kappa shape index (κ2) is 2.69. The quantitative estimate of drug-likeness (QED) is 0.647. The molecular weight excluding hydrogens is 114 g/mol. The molecule has 1 aromatic rings. The molecule has 1 heterocycles. The van der Waals surface area contributed by atoms with Crippen LogP contribution in [0.25, 0.3) is 0 Å². The first kappa shape index (κ1) is 6.36. The summed E-state index contributed by atoms with van der Waals surface area (Å²) in [5.41, 5.74) is 6.60. The first-order chi connectivity index (χ1) is 4.38. The molecular formula is C7H11NO. The van der Waals surface area contributed by atoms with E-state index in [0.29, 0.717) is 6.54 Å². The molecule has 0 spiro atoms. The van der Waals surface area contributed by atoms with Gasteiger partial charge in [0, 0.05) is 0 Å². The van der Waals surface area contributed by atoms with Gasteiger partial charge in [0.15, 0.2) is 0 Å². The van der Waals surface area contributed by atoms with Crippen LogP contribution in [0.15, 0.2) is 16.7 Å². The third-order valence-electron chi connectivity index (χ3n) is 1.40. The Morgan fingerprint density at radius 2 is 2.44 bits per heavy atom. The summed E-state index contributed by atoms with van der Waals surface area (Å²) in [4.78, 5) is 0. The Kier molecular flexibility index (Phi) is 1.90. The number of aryl methyl sites for hydroxylation is 1. The molecule has 0 aromatic carbocycles. The summed E-state index contributed by atoms with van der Waals surface area (Å²) < 4.78 is 5.08. The lowest BCUT2D eigenvalue weighted by atomic mass is 10.2. The zero-order chi connectivity index (χ0) is 6.69. The van der Waals surface area contributed by atoms with Crippen LogP contribution in [0.4, 0.5) is 0 Å². The Morgan fingerprint density at radius 1 is 1.67 bits per heavy atom. The second-order valence-electron chi connectivity index (χ2n) is 1.93. The molecule has 0 aliphatic heterocycles. The second-order valence-corrected chi connectivity index (χ2v) is 1.93. The fourth-order valence-electron chi connectivity index (χ4n) is 0.861. The number of furan rings is 1. The van der Waals surface area contributed by atoms with E-state index in [0.717, 1.165) is 12.2 Å². The summed E-state index contributed by atoms with van der Waals surface area (Å²) in [5, 5.41) is 0. The molecule has 0 fully saturated rings. The van der Waals surface area contributed by atoms with Gasteiger partial charge in [0.25, 0.3) is 0 Å². The average Bonchev–Trinajstić information content (AvgIpc) is 2.33. The fourth-order valence-corrected chi connectivity index (χ4v) is 0.861. The lowest BCUT2D eigenvalue weighted by molar-refractivity contribution is 0.508. The van der Waals surface area contributed by atoms with Crippen LogP contribution in [0, 0.1) is 0 Å². The maximum atomic E-state index is 5.38. The highest BCUT2D eigenvalue weighted by atomic mass is 16.3. The van der Waals surface area contributed by atoms with Crippen LogP contribution >= 0.6 is 0 Å². The molecule has 0 aliphatic rings. The standard InChI is InChI=1S/C7H11NO/c1-2-6-3-4-9-7(6)5-8/h3-4H,2,5,8H2,1H3. The lowest BCUT2D eigenvalue weighted by Gasteiger charge is -1.91. The first-order valence-corrected chi connectivity index (χ1v) is 3.13. The molecule has 0 saturated carbocycles. The van der Waals surface area contributed by atoms with Gasteiger partial charge in [-0.25, -0.2) is 0 Å². The number of nitrogens with two attached hydrogens (primary N) is 1. The maximum absolute atomic E-state index is 5.38. The van der Waals surface area contributed by atoms with Crippen LogP contribution < -0.4 is 5.73 Å². The van der Waals surface area contributed by atoms with E-state index in [9.17, 15) is 0 Å². The number of hydrogen-bond donors (Lipinski definition) is 1. The van der Waals surface area contributed by atoms with E-state index < -0.39 is 0 Å². The minimum absolute atomic E-state index is 0.510. The van der Waals surface area contributed by atoms with Crippen LogP contribution in [0.5, 0.6) is 0 Å². The summed E-state index contributed by atoms with van der Waals surface area (Å²) >= 11 is 0. The van der Waals surface area contributed by atoms with Crippen LogP contribution in [-0.4, -0.2) is 0 Å². The van der Waals surface area contributed by atoms with Crippen LogP contribution in [0.3, 0.4) is 0 Å². The highest BCUT2D eigenvalue weighted by Crippen LogP contribution is 2.09. The van der Waals surface area contributed by atoms with Crippen LogP contribution in [0.2, 0.25) is 0 Å². The molecule has 2 heteroatoms. The molecule has 1 rings (SSSR count). The molecule has 0 aliphatic carbocycles.